The van der Waals surface area contributed by atoms with E-state index < -0.39 is 12.2 Å². The number of phenols is 2. The molecule has 0 aliphatic carbocycles. The maximum atomic E-state index is 12.4. The lowest BCUT2D eigenvalue weighted by Crippen LogP contribution is -2.35. The van der Waals surface area contributed by atoms with E-state index in [-0.39, 0.29) is 23.0 Å². The molecule has 0 saturated carbocycles. The third kappa shape index (κ3) is 1.98. The molecule has 2 unspecified atom stereocenters. The first-order valence-electron chi connectivity index (χ1n) is 6.07. The highest BCUT2D eigenvalue weighted by Gasteiger charge is 2.37. The zero-order valence-electron chi connectivity index (χ0n) is 10.4. The van der Waals surface area contributed by atoms with Gasteiger partial charge in [0.05, 0.1) is 5.56 Å². The molecule has 102 valence electrons. The summed E-state index contributed by atoms with van der Waals surface area (Å²) >= 11 is 0. The average Bonchev–Trinajstić information content (AvgIpc) is 2.40. The minimum atomic E-state index is -1.33. The second kappa shape index (κ2) is 4.54. The molecule has 0 aromatic heterocycles. The Hall–Kier alpha value is -2.53. The molecule has 3 rings (SSSR count). The van der Waals surface area contributed by atoms with Gasteiger partial charge < -0.3 is 20.1 Å². The van der Waals surface area contributed by atoms with Crippen LogP contribution in [0.15, 0.2) is 42.5 Å². The van der Waals surface area contributed by atoms with E-state index in [1.165, 1.54) is 30.3 Å². The molecular formula is C15H12O5. The van der Waals surface area contributed by atoms with Gasteiger partial charge in [0.2, 0.25) is 6.29 Å². The van der Waals surface area contributed by atoms with E-state index in [0.29, 0.717) is 11.1 Å². The van der Waals surface area contributed by atoms with Gasteiger partial charge in [-0.2, -0.15) is 0 Å². The Labute approximate surface area is 114 Å². The van der Waals surface area contributed by atoms with Crippen molar-refractivity contribution in [2.75, 3.05) is 0 Å². The van der Waals surface area contributed by atoms with E-state index in [1.807, 2.05) is 0 Å². The zero-order chi connectivity index (χ0) is 14.3. The molecule has 0 bridgehead atoms. The molecule has 5 nitrogen and oxygen atoms in total. The number of phenolic OH excluding ortho intramolecular Hbond substituents is 2. The number of aliphatic hydroxyl groups excluding tert-OH is 1. The van der Waals surface area contributed by atoms with Crippen LogP contribution in [-0.4, -0.2) is 27.4 Å². The van der Waals surface area contributed by atoms with Crippen molar-refractivity contribution in [2.45, 2.75) is 12.2 Å². The van der Waals surface area contributed by atoms with E-state index in [0.717, 1.165) is 0 Å². The zero-order valence-corrected chi connectivity index (χ0v) is 10.4. The fourth-order valence-electron chi connectivity index (χ4n) is 2.30. The van der Waals surface area contributed by atoms with Crippen LogP contribution in [0.4, 0.5) is 0 Å². The van der Waals surface area contributed by atoms with Crippen molar-refractivity contribution in [3.05, 3.63) is 53.6 Å². The van der Waals surface area contributed by atoms with Gasteiger partial charge in [0.25, 0.3) is 0 Å². The van der Waals surface area contributed by atoms with Crippen LogP contribution in [0.1, 0.15) is 21.8 Å². The molecule has 2 aromatic carbocycles. The summed E-state index contributed by atoms with van der Waals surface area (Å²) in [5, 5.41) is 28.7. The summed E-state index contributed by atoms with van der Waals surface area (Å²) in [7, 11) is 0. The third-order valence-corrected chi connectivity index (χ3v) is 3.30. The number of rotatable bonds is 1. The van der Waals surface area contributed by atoms with E-state index in [2.05, 4.69) is 0 Å². The van der Waals surface area contributed by atoms with Crippen LogP contribution in [-0.2, 0) is 0 Å². The summed E-state index contributed by atoms with van der Waals surface area (Å²) in [6.45, 7) is 0. The topological polar surface area (TPSA) is 87.0 Å². The van der Waals surface area contributed by atoms with Gasteiger partial charge in [0.1, 0.15) is 23.2 Å². The first-order chi connectivity index (χ1) is 9.56. The average molecular weight is 272 g/mol. The highest BCUT2D eigenvalue weighted by molar-refractivity contribution is 6.04. The second-order valence-corrected chi connectivity index (χ2v) is 4.62. The molecule has 2 aromatic rings. The Morgan fingerprint density at radius 1 is 0.950 bits per heavy atom. The molecule has 1 aliphatic heterocycles. The van der Waals surface area contributed by atoms with Crippen LogP contribution in [0.5, 0.6) is 17.2 Å². The standard InChI is InChI=1S/C15H12O5/c16-9-3-1-8(2-4-9)13-14(18)11-6-5-10(17)7-12(11)20-15(13)19/h1-7,13,15-17,19H. The van der Waals surface area contributed by atoms with Gasteiger partial charge in [-0.05, 0) is 29.8 Å². The third-order valence-electron chi connectivity index (χ3n) is 3.30. The SMILES string of the molecule is O=C1c2ccc(O)cc2OC(O)C1c1ccc(O)cc1. The fourth-order valence-corrected chi connectivity index (χ4v) is 2.30. The first-order valence-corrected chi connectivity index (χ1v) is 6.07. The summed E-state index contributed by atoms with van der Waals surface area (Å²) in [6.07, 6.45) is -1.33. The van der Waals surface area contributed by atoms with Crippen LogP contribution in [0.25, 0.3) is 0 Å². The van der Waals surface area contributed by atoms with Crippen LogP contribution in [0.3, 0.4) is 0 Å². The minimum absolute atomic E-state index is 0.0353. The molecule has 0 fully saturated rings. The number of aromatic hydroxyl groups is 2. The molecular weight excluding hydrogens is 260 g/mol. The summed E-state index contributed by atoms with van der Waals surface area (Å²) in [4.78, 5) is 12.4. The predicted molar refractivity (Wildman–Crippen MR) is 69.9 cm³/mol. The lowest BCUT2D eigenvalue weighted by Gasteiger charge is -2.29. The van der Waals surface area contributed by atoms with E-state index >= 15 is 0 Å². The molecule has 0 radical (unpaired) electrons. The Kier molecular flexibility index (Phi) is 2.84. The lowest BCUT2D eigenvalue weighted by molar-refractivity contribution is -0.0386. The molecule has 0 amide bonds. The molecule has 1 heterocycles. The predicted octanol–water partition coefficient (Wildman–Crippen LogP) is 1.78. The van der Waals surface area contributed by atoms with Gasteiger partial charge in [-0.15, -0.1) is 0 Å². The molecule has 0 saturated heterocycles. The molecule has 3 N–H and O–H groups in total. The maximum Gasteiger partial charge on any atom is 0.211 e. The number of carbonyl (C=O) groups is 1. The van der Waals surface area contributed by atoms with E-state index in [9.17, 15) is 20.1 Å². The summed E-state index contributed by atoms with van der Waals surface area (Å²) < 4.78 is 5.29. The number of benzene rings is 2. The number of fused-ring (bicyclic) bond motifs is 1. The number of hydrogen-bond acceptors (Lipinski definition) is 5. The van der Waals surface area contributed by atoms with Gasteiger partial charge in [0.15, 0.2) is 5.78 Å². The number of Topliss-reactive ketones (excluding diaryl/α,β-unsaturated/α-hetero) is 1. The van der Waals surface area contributed by atoms with Crippen molar-refractivity contribution in [1.29, 1.82) is 0 Å². The Morgan fingerprint density at radius 2 is 1.60 bits per heavy atom. The highest BCUT2D eigenvalue weighted by Crippen LogP contribution is 2.37. The molecule has 5 heteroatoms. The van der Waals surface area contributed by atoms with Crippen LogP contribution in [0.2, 0.25) is 0 Å². The Morgan fingerprint density at radius 3 is 2.30 bits per heavy atom. The Balaban J connectivity index is 2.04. The van der Waals surface area contributed by atoms with Gasteiger partial charge in [-0.1, -0.05) is 12.1 Å². The van der Waals surface area contributed by atoms with Gasteiger partial charge in [0, 0.05) is 6.07 Å². The molecule has 1 aliphatic rings. The first kappa shape index (κ1) is 12.5. The number of ketones is 1. The second-order valence-electron chi connectivity index (χ2n) is 4.62. The van der Waals surface area contributed by atoms with Crippen molar-refractivity contribution in [3.8, 4) is 17.2 Å². The maximum absolute atomic E-state index is 12.4. The van der Waals surface area contributed by atoms with E-state index in [4.69, 9.17) is 4.74 Å². The molecule has 2 atom stereocenters. The number of carbonyl (C=O) groups excluding carboxylic acids is 1. The fraction of sp³-hybridized carbons (Fsp3) is 0.133. The van der Waals surface area contributed by atoms with Crippen LogP contribution < -0.4 is 4.74 Å². The highest BCUT2D eigenvalue weighted by atomic mass is 16.6. The van der Waals surface area contributed by atoms with Crippen molar-refractivity contribution in [2.24, 2.45) is 0 Å². The molecule has 20 heavy (non-hydrogen) atoms. The number of aliphatic hydroxyl groups is 1. The molecule has 0 spiro atoms. The van der Waals surface area contributed by atoms with E-state index in [1.54, 1.807) is 12.1 Å². The van der Waals surface area contributed by atoms with Crippen molar-refractivity contribution < 1.29 is 24.9 Å². The minimum Gasteiger partial charge on any atom is -0.508 e. The van der Waals surface area contributed by atoms with Gasteiger partial charge in [-0.3, -0.25) is 4.79 Å². The monoisotopic (exact) mass is 272 g/mol. The quantitative estimate of drug-likeness (QED) is 0.736. The van der Waals surface area contributed by atoms with Crippen LogP contribution >= 0.6 is 0 Å². The number of hydrogen-bond donors (Lipinski definition) is 3. The lowest BCUT2D eigenvalue weighted by atomic mass is 9.87. The van der Waals surface area contributed by atoms with Gasteiger partial charge in [-0.25, -0.2) is 0 Å². The largest absolute Gasteiger partial charge is 0.508 e. The van der Waals surface area contributed by atoms with Crippen molar-refractivity contribution in [1.82, 2.24) is 0 Å². The van der Waals surface area contributed by atoms with Crippen molar-refractivity contribution >= 4 is 5.78 Å². The summed E-state index contributed by atoms with van der Waals surface area (Å²) in [5.74, 6) is -0.931. The smallest absolute Gasteiger partial charge is 0.211 e. The van der Waals surface area contributed by atoms with Gasteiger partial charge >= 0.3 is 0 Å². The number of ether oxygens (including phenoxy) is 1. The van der Waals surface area contributed by atoms with Crippen molar-refractivity contribution in [3.63, 3.8) is 0 Å². The Bertz CT molecular complexity index is 662. The van der Waals surface area contributed by atoms with Crippen LogP contribution in [0, 0.1) is 0 Å². The summed E-state index contributed by atoms with van der Waals surface area (Å²) in [5.41, 5.74) is 0.866. The normalized spacial score (nSPS) is 21.1. The summed E-state index contributed by atoms with van der Waals surface area (Å²) in [6, 6.07) is 10.2.